The zero-order chi connectivity index (χ0) is 16.3. The third-order valence-electron chi connectivity index (χ3n) is 3.07. The van der Waals surface area contributed by atoms with Gasteiger partial charge in [-0.25, -0.2) is 0 Å². The Hall–Kier alpha value is -1.73. The van der Waals surface area contributed by atoms with Gasteiger partial charge in [0.2, 0.25) is 0 Å². The Morgan fingerprint density at radius 3 is 2.68 bits per heavy atom. The Labute approximate surface area is 142 Å². The van der Waals surface area contributed by atoms with Gasteiger partial charge in [0, 0.05) is 6.54 Å². The van der Waals surface area contributed by atoms with Crippen molar-refractivity contribution < 1.29 is 14.3 Å². The zero-order valence-corrected chi connectivity index (χ0v) is 14.6. The average molecular weight is 383 g/mol. The van der Waals surface area contributed by atoms with Crippen LogP contribution in [0.1, 0.15) is 19.4 Å². The second-order valence-corrected chi connectivity index (χ2v) is 5.73. The van der Waals surface area contributed by atoms with Crippen LogP contribution in [0.3, 0.4) is 0 Å². The van der Waals surface area contributed by atoms with Crippen molar-refractivity contribution in [3.63, 3.8) is 0 Å². The van der Waals surface area contributed by atoms with Gasteiger partial charge >= 0.3 is 0 Å². The molecular formula is C15H15BrN2O3S. The maximum atomic E-state index is 12.3. The summed E-state index contributed by atoms with van der Waals surface area (Å²) < 4.78 is 6.19. The van der Waals surface area contributed by atoms with E-state index >= 15 is 0 Å². The van der Waals surface area contributed by atoms with E-state index in [4.69, 9.17) is 17.0 Å². The minimum atomic E-state index is -0.482. The van der Waals surface area contributed by atoms with E-state index < -0.39 is 5.91 Å². The molecule has 0 atom stereocenters. The zero-order valence-electron chi connectivity index (χ0n) is 12.2. The second kappa shape index (κ2) is 7.02. The number of nitrogens with zero attached hydrogens (tertiary/aromatic N) is 1. The molecule has 1 heterocycles. The monoisotopic (exact) mass is 382 g/mol. The van der Waals surface area contributed by atoms with E-state index in [1.165, 1.54) is 4.90 Å². The predicted octanol–water partition coefficient (Wildman–Crippen LogP) is 2.49. The number of nitrogens with one attached hydrogen (secondary N) is 1. The van der Waals surface area contributed by atoms with Crippen LogP contribution < -0.4 is 10.1 Å². The molecule has 0 aromatic heterocycles. The molecule has 2 amide bonds. The SMILES string of the molecule is CCOc1ccc(/C=C2\C(=O)NC(=S)N(CC)C2=O)cc1Br. The first-order chi connectivity index (χ1) is 10.5. The summed E-state index contributed by atoms with van der Waals surface area (Å²) in [6.45, 7) is 4.66. The van der Waals surface area contributed by atoms with E-state index in [-0.39, 0.29) is 16.6 Å². The molecule has 0 unspecified atom stereocenters. The number of benzene rings is 1. The molecule has 116 valence electrons. The topological polar surface area (TPSA) is 58.6 Å². The molecule has 0 aliphatic carbocycles. The fourth-order valence-electron chi connectivity index (χ4n) is 2.03. The van der Waals surface area contributed by atoms with Gasteiger partial charge in [0.1, 0.15) is 11.3 Å². The van der Waals surface area contributed by atoms with E-state index in [1.807, 2.05) is 6.92 Å². The van der Waals surface area contributed by atoms with Crippen LogP contribution in [0.15, 0.2) is 28.2 Å². The lowest BCUT2D eigenvalue weighted by Gasteiger charge is -2.27. The molecule has 1 aliphatic rings. The molecule has 1 aromatic carbocycles. The Kier molecular flexibility index (Phi) is 5.31. The average Bonchev–Trinajstić information content (AvgIpc) is 2.46. The van der Waals surface area contributed by atoms with Crippen LogP contribution in [-0.4, -0.2) is 35.0 Å². The van der Waals surface area contributed by atoms with Gasteiger partial charge in [0.05, 0.1) is 11.1 Å². The second-order valence-electron chi connectivity index (χ2n) is 4.49. The molecule has 7 heteroatoms. The quantitative estimate of drug-likeness (QED) is 0.493. The van der Waals surface area contributed by atoms with Gasteiger partial charge in [-0.15, -0.1) is 0 Å². The fraction of sp³-hybridized carbons (Fsp3) is 0.267. The Balaban J connectivity index is 2.35. The lowest BCUT2D eigenvalue weighted by Crippen LogP contribution is -2.53. The fourth-order valence-corrected chi connectivity index (χ4v) is 2.84. The van der Waals surface area contributed by atoms with Gasteiger partial charge in [-0.1, -0.05) is 6.07 Å². The Bertz CT molecular complexity index is 673. The highest BCUT2D eigenvalue weighted by Crippen LogP contribution is 2.27. The number of rotatable bonds is 4. The molecule has 2 rings (SSSR count). The number of thiocarbonyl (C=S) groups is 1. The van der Waals surface area contributed by atoms with E-state index in [0.29, 0.717) is 18.9 Å². The highest BCUT2D eigenvalue weighted by molar-refractivity contribution is 9.10. The largest absolute Gasteiger partial charge is 0.493 e. The van der Waals surface area contributed by atoms with Crippen LogP contribution in [0.25, 0.3) is 6.08 Å². The van der Waals surface area contributed by atoms with E-state index in [9.17, 15) is 9.59 Å². The molecule has 1 saturated heterocycles. The van der Waals surface area contributed by atoms with Crippen LogP contribution >= 0.6 is 28.1 Å². The number of hydrogen-bond donors (Lipinski definition) is 1. The first kappa shape index (κ1) is 16.6. The lowest BCUT2D eigenvalue weighted by molar-refractivity contribution is -0.128. The molecule has 0 radical (unpaired) electrons. The number of likely N-dealkylation sites (N-methyl/N-ethyl adjacent to an activating group) is 1. The van der Waals surface area contributed by atoms with Gasteiger partial charge in [-0.3, -0.25) is 19.8 Å². The van der Waals surface area contributed by atoms with Crippen molar-refractivity contribution in [3.8, 4) is 5.75 Å². The van der Waals surface area contributed by atoms with Gasteiger partial charge in [0.15, 0.2) is 5.11 Å². The molecule has 0 spiro atoms. The molecule has 1 N–H and O–H groups in total. The maximum absolute atomic E-state index is 12.3. The van der Waals surface area contributed by atoms with Crippen LogP contribution in [-0.2, 0) is 9.59 Å². The van der Waals surface area contributed by atoms with Crippen molar-refractivity contribution in [1.29, 1.82) is 0 Å². The normalized spacial score (nSPS) is 17.0. The first-order valence-electron chi connectivity index (χ1n) is 6.79. The summed E-state index contributed by atoms with van der Waals surface area (Å²) in [6.07, 6.45) is 1.54. The smallest absolute Gasteiger partial charge is 0.265 e. The van der Waals surface area contributed by atoms with Gasteiger partial charge < -0.3 is 4.74 Å². The van der Waals surface area contributed by atoms with Crippen molar-refractivity contribution >= 4 is 51.2 Å². The molecule has 1 fully saturated rings. The first-order valence-corrected chi connectivity index (χ1v) is 7.99. The van der Waals surface area contributed by atoms with E-state index in [2.05, 4.69) is 21.2 Å². The summed E-state index contributed by atoms with van der Waals surface area (Å²) in [5, 5.41) is 2.66. The van der Waals surface area contributed by atoms with Gasteiger partial charge in [0.25, 0.3) is 11.8 Å². The number of halogens is 1. The van der Waals surface area contributed by atoms with Crippen molar-refractivity contribution in [2.75, 3.05) is 13.2 Å². The van der Waals surface area contributed by atoms with E-state index in [1.54, 1.807) is 31.2 Å². The molecule has 1 aliphatic heterocycles. The summed E-state index contributed by atoms with van der Waals surface area (Å²) in [5.74, 6) is -0.161. The van der Waals surface area contributed by atoms with Crippen molar-refractivity contribution in [1.82, 2.24) is 10.2 Å². The summed E-state index contributed by atoms with van der Waals surface area (Å²) in [6, 6.07) is 5.36. The van der Waals surface area contributed by atoms with Crippen LogP contribution in [0.4, 0.5) is 0 Å². The van der Waals surface area contributed by atoms with Gasteiger partial charge in [-0.2, -0.15) is 0 Å². The van der Waals surface area contributed by atoms with Crippen LogP contribution in [0, 0.1) is 0 Å². The number of carbonyl (C=O) groups excluding carboxylic acids is 2. The minimum Gasteiger partial charge on any atom is -0.493 e. The minimum absolute atomic E-state index is 0.0616. The number of ether oxygens (including phenoxy) is 1. The molecule has 1 aromatic rings. The number of amides is 2. The van der Waals surface area contributed by atoms with Crippen molar-refractivity contribution in [3.05, 3.63) is 33.8 Å². The predicted molar refractivity (Wildman–Crippen MR) is 91.4 cm³/mol. The molecule has 0 saturated carbocycles. The van der Waals surface area contributed by atoms with Crippen LogP contribution in [0.2, 0.25) is 0 Å². The molecule has 22 heavy (non-hydrogen) atoms. The standard InChI is InChI=1S/C15H15BrN2O3S/c1-3-18-14(20)10(13(19)17-15(18)22)7-9-5-6-12(21-4-2)11(16)8-9/h5-8H,3-4H2,1-2H3,(H,17,19,22)/b10-7+. The van der Waals surface area contributed by atoms with E-state index in [0.717, 1.165) is 10.0 Å². The summed E-state index contributed by atoms with van der Waals surface area (Å²) in [5.41, 5.74) is 0.782. The van der Waals surface area contributed by atoms with Crippen molar-refractivity contribution in [2.45, 2.75) is 13.8 Å². The summed E-state index contributed by atoms with van der Waals surface area (Å²) in [7, 11) is 0. The Morgan fingerprint density at radius 2 is 2.09 bits per heavy atom. The molecule has 0 bridgehead atoms. The number of carbonyl (C=O) groups is 2. The number of hydrogen-bond acceptors (Lipinski definition) is 4. The Morgan fingerprint density at radius 1 is 1.36 bits per heavy atom. The van der Waals surface area contributed by atoms with Gasteiger partial charge in [-0.05, 0) is 65.8 Å². The maximum Gasteiger partial charge on any atom is 0.265 e. The molecule has 5 nitrogen and oxygen atoms in total. The third kappa shape index (κ3) is 3.36. The van der Waals surface area contributed by atoms with Crippen molar-refractivity contribution in [2.24, 2.45) is 0 Å². The lowest BCUT2D eigenvalue weighted by atomic mass is 10.1. The summed E-state index contributed by atoms with van der Waals surface area (Å²) >= 11 is 8.39. The highest BCUT2D eigenvalue weighted by atomic mass is 79.9. The highest BCUT2D eigenvalue weighted by Gasteiger charge is 2.32. The van der Waals surface area contributed by atoms with Crippen LogP contribution in [0.5, 0.6) is 5.75 Å². The third-order valence-corrected chi connectivity index (χ3v) is 4.01. The molecular weight excluding hydrogens is 368 g/mol. The summed E-state index contributed by atoms with van der Waals surface area (Å²) in [4.78, 5) is 25.6.